The second-order valence-corrected chi connectivity index (χ2v) is 4.52. The third-order valence-corrected chi connectivity index (χ3v) is 3.01. The molecule has 2 heterocycles. The van der Waals surface area contributed by atoms with Crippen LogP contribution in [-0.2, 0) is 6.54 Å². The summed E-state index contributed by atoms with van der Waals surface area (Å²) in [6.45, 7) is 6.42. The Morgan fingerprint density at radius 1 is 1.30 bits per heavy atom. The molecule has 0 saturated carbocycles. The lowest BCUT2D eigenvalue weighted by molar-refractivity contribution is 0.324. The van der Waals surface area contributed by atoms with E-state index in [1.165, 1.54) is 6.33 Å². The van der Waals surface area contributed by atoms with E-state index in [2.05, 4.69) is 24.8 Å². The van der Waals surface area contributed by atoms with Crippen LogP contribution in [0.1, 0.15) is 25.3 Å². The Balaban J connectivity index is 1.75. The van der Waals surface area contributed by atoms with Crippen molar-refractivity contribution < 1.29 is 4.74 Å². The molecular weight excluding hydrogens is 254 g/mol. The maximum Gasteiger partial charge on any atom is 0.221 e. The van der Waals surface area contributed by atoms with Gasteiger partial charge in [0.05, 0.1) is 18.5 Å². The molecule has 0 spiro atoms. The van der Waals surface area contributed by atoms with Gasteiger partial charge < -0.3 is 14.6 Å². The maximum atomic E-state index is 5.45. The number of anilines is 1. The lowest BCUT2D eigenvalue weighted by Gasteiger charge is -2.11. The van der Waals surface area contributed by atoms with Gasteiger partial charge in [-0.3, -0.25) is 0 Å². The molecule has 6 nitrogen and oxygen atoms in total. The van der Waals surface area contributed by atoms with E-state index in [9.17, 15) is 0 Å². The molecule has 0 aliphatic rings. The normalized spacial score (nSPS) is 10.5. The van der Waals surface area contributed by atoms with Gasteiger partial charge in [-0.25, -0.2) is 15.0 Å². The number of aryl methyl sites for hydroxylation is 1. The van der Waals surface area contributed by atoms with Gasteiger partial charge in [0.15, 0.2) is 0 Å². The van der Waals surface area contributed by atoms with Crippen LogP contribution in [0.15, 0.2) is 25.0 Å². The highest BCUT2D eigenvalue weighted by atomic mass is 16.5. The number of unbranched alkanes of at least 4 members (excludes halogenated alkanes) is 1. The lowest BCUT2D eigenvalue weighted by atomic mass is 10.3. The molecule has 20 heavy (non-hydrogen) atoms. The highest BCUT2D eigenvalue weighted by Gasteiger charge is 2.06. The molecule has 0 radical (unpaired) electrons. The number of imidazole rings is 1. The number of aromatic nitrogens is 4. The van der Waals surface area contributed by atoms with E-state index in [1.54, 1.807) is 6.20 Å². The second-order valence-electron chi connectivity index (χ2n) is 4.52. The predicted octanol–water partition coefficient (Wildman–Crippen LogP) is 2.27. The molecule has 0 saturated heterocycles. The van der Waals surface area contributed by atoms with Crippen LogP contribution in [0.2, 0.25) is 0 Å². The van der Waals surface area contributed by atoms with E-state index in [0.29, 0.717) is 12.5 Å². The summed E-state index contributed by atoms with van der Waals surface area (Å²) >= 11 is 0. The Bertz CT molecular complexity index is 512. The molecule has 0 aliphatic heterocycles. The largest absolute Gasteiger partial charge is 0.478 e. The van der Waals surface area contributed by atoms with Crippen LogP contribution < -0.4 is 10.1 Å². The fourth-order valence-electron chi connectivity index (χ4n) is 1.94. The summed E-state index contributed by atoms with van der Waals surface area (Å²) in [6.07, 6.45) is 9.34. The molecule has 0 bridgehead atoms. The van der Waals surface area contributed by atoms with E-state index in [4.69, 9.17) is 4.74 Å². The SMILES string of the molecule is CCOc1ncnc(NCCCCn2ccnc2)c1C. The zero-order chi connectivity index (χ0) is 14.2. The summed E-state index contributed by atoms with van der Waals surface area (Å²) in [4.78, 5) is 12.4. The van der Waals surface area contributed by atoms with Gasteiger partial charge in [-0.1, -0.05) is 0 Å². The molecule has 0 amide bonds. The van der Waals surface area contributed by atoms with Crippen LogP contribution in [0, 0.1) is 6.92 Å². The van der Waals surface area contributed by atoms with Gasteiger partial charge in [0, 0.05) is 25.5 Å². The number of ether oxygens (including phenoxy) is 1. The van der Waals surface area contributed by atoms with Gasteiger partial charge >= 0.3 is 0 Å². The predicted molar refractivity (Wildman–Crippen MR) is 77.9 cm³/mol. The molecule has 0 aliphatic carbocycles. The van der Waals surface area contributed by atoms with Crippen molar-refractivity contribution in [2.24, 2.45) is 0 Å². The van der Waals surface area contributed by atoms with Crippen LogP contribution in [0.3, 0.4) is 0 Å². The van der Waals surface area contributed by atoms with Crippen molar-refractivity contribution in [1.82, 2.24) is 19.5 Å². The summed E-state index contributed by atoms with van der Waals surface area (Å²) in [5, 5.41) is 3.34. The molecule has 2 aromatic rings. The third kappa shape index (κ3) is 3.94. The molecule has 0 unspecified atom stereocenters. The summed E-state index contributed by atoms with van der Waals surface area (Å²) in [7, 11) is 0. The topological polar surface area (TPSA) is 64.9 Å². The van der Waals surface area contributed by atoms with Crippen LogP contribution in [0.4, 0.5) is 5.82 Å². The number of nitrogens with zero attached hydrogens (tertiary/aromatic N) is 4. The highest BCUT2D eigenvalue weighted by molar-refractivity contribution is 5.47. The lowest BCUT2D eigenvalue weighted by Crippen LogP contribution is -2.08. The Labute approximate surface area is 119 Å². The standard InChI is InChI=1S/C14H21N5O/c1-3-20-14-12(2)13(17-10-18-14)16-6-4-5-8-19-9-7-15-11-19/h7,9-11H,3-6,8H2,1-2H3,(H,16,17,18). The van der Waals surface area contributed by atoms with Gasteiger partial charge in [0.25, 0.3) is 0 Å². The third-order valence-electron chi connectivity index (χ3n) is 3.01. The Kier molecular flexibility index (Phi) is 5.34. The van der Waals surface area contributed by atoms with Crippen molar-refractivity contribution in [2.45, 2.75) is 33.2 Å². The van der Waals surface area contributed by atoms with Crippen LogP contribution >= 0.6 is 0 Å². The highest BCUT2D eigenvalue weighted by Crippen LogP contribution is 2.20. The first-order valence-electron chi connectivity index (χ1n) is 6.95. The average Bonchev–Trinajstić information content (AvgIpc) is 2.96. The van der Waals surface area contributed by atoms with Crippen LogP contribution in [0.5, 0.6) is 5.88 Å². The first-order valence-corrected chi connectivity index (χ1v) is 6.95. The second kappa shape index (κ2) is 7.47. The molecule has 0 atom stereocenters. The Hall–Kier alpha value is -2.11. The van der Waals surface area contributed by atoms with Crippen molar-refractivity contribution in [3.05, 3.63) is 30.6 Å². The van der Waals surface area contributed by atoms with Gasteiger partial charge in [0.1, 0.15) is 12.1 Å². The first-order chi connectivity index (χ1) is 9.81. The maximum absolute atomic E-state index is 5.45. The fraction of sp³-hybridized carbons (Fsp3) is 0.500. The average molecular weight is 275 g/mol. The minimum Gasteiger partial charge on any atom is -0.478 e. The molecule has 6 heteroatoms. The van der Waals surface area contributed by atoms with E-state index in [0.717, 1.165) is 37.3 Å². The molecule has 1 N–H and O–H groups in total. The monoisotopic (exact) mass is 275 g/mol. The van der Waals surface area contributed by atoms with Gasteiger partial charge in [-0.05, 0) is 26.7 Å². The van der Waals surface area contributed by atoms with E-state index in [-0.39, 0.29) is 0 Å². The minimum atomic E-state index is 0.613. The number of hydrogen-bond donors (Lipinski definition) is 1. The van der Waals surface area contributed by atoms with Crippen molar-refractivity contribution >= 4 is 5.82 Å². The zero-order valence-corrected chi connectivity index (χ0v) is 12.0. The minimum absolute atomic E-state index is 0.613. The smallest absolute Gasteiger partial charge is 0.221 e. The van der Waals surface area contributed by atoms with E-state index in [1.807, 2.05) is 26.4 Å². The molecule has 2 aromatic heterocycles. The number of nitrogens with one attached hydrogen (secondary N) is 1. The van der Waals surface area contributed by atoms with Gasteiger partial charge in [0.2, 0.25) is 5.88 Å². The first kappa shape index (κ1) is 14.3. The molecule has 0 aromatic carbocycles. The summed E-state index contributed by atoms with van der Waals surface area (Å²) < 4.78 is 7.54. The van der Waals surface area contributed by atoms with Crippen molar-refractivity contribution in [3.63, 3.8) is 0 Å². The molecular formula is C14H21N5O. The summed E-state index contributed by atoms with van der Waals surface area (Å²) in [5.74, 6) is 1.51. The Morgan fingerprint density at radius 2 is 2.20 bits per heavy atom. The van der Waals surface area contributed by atoms with E-state index >= 15 is 0 Å². The molecule has 0 fully saturated rings. The van der Waals surface area contributed by atoms with Gasteiger partial charge in [-0.15, -0.1) is 0 Å². The van der Waals surface area contributed by atoms with Crippen molar-refractivity contribution in [1.29, 1.82) is 0 Å². The number of hydrogen-bond acceptors (Lipinski definition) is 5. The van der Waals surface area contributed by atoms with Crippen molar-refractivity contribution in [3.8, 4) is 5.88 Å². The quantitative estimate of drug-likeness (QED) is 0.749. The fourth-order valence-corrected chi connectivity index (χ4v) is 1.94. The van der Waals surface area contributed by atoms with Crippen molar-refractivity contribution in [2.75, 3.05) is 18.5 Å². The summed E-state index contributed by atoms with van der Waals surface area (Å²) in [6, 6.07) is 0. The van der Waals surface area contributed by atoms with Gasteiger partial charge in [-0.2, -0.15) is 0 Å². The number of rotatable bonds is 8. The van der Waals surface area contributed by atoms with E-state index < -0.39 is 0 Å². The Morgan fingerprint density at radius 3 is 2.95 bits per heavy atom. The van der Waals surface area contributed by atoms with Crippen LogP contribution in [0.25, 0.3) is 0 Å². The zero-order valence-electron chi connectivity index (χ0n) is 12.0. The summed E-state index contributed by atoms with van der Waals surface area (Å²) in [5.41, 5.74) is 0.962. The van der Waals surface area contributed by atoms with Crippen LogP contribution in [-0.4, -0.2) is 32.7 Å². The molecule has 108 valence electrons. The molecule has 2 rings (SSSR count).